The third kappa shape index (κ3) is 2.87. The highest BCUT2D eigenvalue weighted by molar-refractivity contribution is 7.93. The molecule has 0 spiro atoms. The molecule has 1 saturated heterocycles. The molecule has 2 atom stereocenters. The number of allylic oxidation sites excluding steroid dienone is 3. The summed E-state index contributed by atoms with van der Waals surface area (Å²) in [4.78, 5) is 11.3. The molecule has 2 aliphatic rings. The Bertz CT molecular complexity index is 607. The van der Waals surface area contributed by atoms with Gasteiger partial charge in [0.2, 0.25) is 10.0 Å². The van der Waals surface area contributed by atoms with Crippen molar-refractivity contribution < 1.29 is 23.1 Å². The standard InChI is InChI=1S/C14H20N2O5S/c1-2-11(4-3-7-15)22(19,20)16-12(8-21-9-13(16)18)14(10-17)5-6-14/h2-4,7,10,12-13,18H,1,5-6,8-9,15H2/b7-3+,11-4+/t12-,13-/m1/s1. The number of hydrogen-bond donors (Lipinski definition) is 2. The van der Waals surface area contributed by atoms with E-state index in [4.69, 9.17) is 10.5 Å². The number of aliphatic hydroxyl groups excluding tert-OH is 1. The van der Waals surface area contributed by atoms with E-state index in [0.29, 0.717) is 12.8 Å². The van der Waals surface area contributed by atoms with Crippen LogP contribution in [0.25, 0.3) is 0 Å². The van der Waals surface area contributed by atoms with Crippen molar-refractivity contribution in [1.29, 1.82) is 0 Å². The molecule has 2 rings (SSSR count). The van der Waals surface area contributed by atoms with E-state index in [1.165, 1.54) is 24.4 Å². The Morgan fingerprint density at radius 3 is 2.59 bits per heavy atom. The number of carbonyl (C=O) groups excluding carboxylic acids is 1. The third-order valence-corrected chi connectivity index (χ3v) is 5.97. The van der Waals surface area contributed by atoms with Gasteiger partial charge in [-0.3, -0.25) is 0 Å². The fourth-order valence-corrected chi connectivity index (χ4v) is 4.28. The molecule has 3 N–H and O–H groups in total. The number of aliphatic hydroxyl groups is 1. The van der Waals surface area contributed by atoms with Gasteiger partial charge in [-0.15, -0.1) is 0 Å². The lowest BCUT2D eigenvalue weighted by Crippen LogP contribution is -2.58. The van der Waals surface area contributed by atoms with Gasteiger partial charge in [0.25, 0.3) is 0 Å². The lowest BCUT2D eigenvalue weighted by atomic mass is 9.98. The second-order valence-electron chi connectivity index (χ2n) is 5.38. The summed E-state index contributed by atoms with van der Waals surface area (Å²) in [5.41, 5.74) is 4.45. The first kappa shape index (κ1) is 16.9. The minimum absolute atomic E-state index is 0.0756. The van der Waals surface area contributed by atoms with Crippen LogP contribution in [0.1, 0.15) is 12.8 Å². The van der Waals surface area contributed by atoms with Gasteiger partial charge in [-0.25, -0.2) is 8.42 Å². The molecule has 1 aliphatic carbocycles. The monoisotopic (exact) mass is 328 g/mol. The maximum Gasteiger partial charge on any atom is 0.245 e. The lowest BCUT2D eigenvalue weighted by molar-refractivity contribution is -0.128. The largest absolute Gasteiger partial charge is 0.405 e. The van der Waals surface area contributed by atoms with Gasteiger partial charge >= 0.3 is 0 Å². The van der Waals surface area contributed by atoms with Gasteiger partial charge in [-0.1, -0.05) is 6.58 Å². The molecular formula is C14H20N2O5S. The van der Waals surface area contributed by atoms with E-state index < -0.39 is 27.7 Å². The van der Waals surface area contributed by atoms with Crippen molar-refractivity contribution in [3.05, 3.63) is 35.9 Å². The molecule has 1 saturated carbocycles. The van der Waals surface area contributed by atoms with Crippen molar-refractivity contribution in [3.63, 3.8) is 0 Å². The van der Waals surface area contributed by atoms with Crippen LogP contribution in [0.15, 0.2) is 35.9 Å². The Morgan fingerprint density at radius 2 is 2.09 bits per heavy atom. The molecule has 0 unspecified atom stereocenters. The molecule has 0 aromatic heterocycles. The summed E-state index contributed by atoms with van der Waals surface area (Å²) in [5.74, 6) is 0. The van der Waals surface area contributed by atoms with E-state index in [9.17, 15) is 18.3 Å². The van der Waals surface area contributed by atoms with Gasteiger partial charge in [-0.05, 0) is 37.3 Å². The number of rotatable bonds is 6. The average molecular weight is 328 g/mol. The lowest BCUT2D eigenvalue weighted by Gasteiger charge is -2.40. The molecular weight excluding hydrogens is 308 g/mol. The number of sulfonamides is 1. The summed E-state index contributed by atoms with van der Waals surface area (Å²) in [7, 11) is -4.02. The maximum absolute atomic E-state index is 12.8. The Morgan fingerprint density at radius 1 is 1.41 bits per heavy atom. The summed E-state index contributed by atoms with van der Waals surface area (Å²) >= 11 is 0. The highest BCUT2D eigenvalue weighted by atomic mass is 32.2. The van der Waals surface area contributed by atoms with Gasteiger partial charge in [0.1, 0.15) is 12.5 Å². The molecule has 1 heterocycles. The molecule has 0 radical (unpaired) electrons. The first-order valence-corrected chi connectivity index (χ1v) is 8.33. The van der Waals surface area contributed by atoms with Crippen molar-refractivity contribution in [2.24, 2.45) is 11.1 Å². The molecule has 0 bridgehead atoms. The minimum atomic E-state index is -4.02. The van der Waals surface area contributed by atoms with E-state index in [1.54, 1.807) is 0 Å². The quantitative estimate of drug-likeness (QED) is 0.518. The molecule has 22 heavy (non-hydrogen) atoms. The van der Waals surface area contributed by atoms with Gasteiger partial charge < -0.3 is 20.4 Å². The fraction of sp³-hybridized carbons (Fsp3) is 0.500. The van der Waals surface area contributed by atoms with E-state index in [0.717, 1.165) is 10.6 Å². The molecule has 0 aromatic carbocycles. The SMILES string of the molecule is C=C/C(=C\C=C\N)S(=O)(=O)N1[C@H](O)COC[C@@H]1C1(C=O)CC1. The highest BCUT2D eigenvalue weighted by Gasteiger charge is 2.57. The smallest absolute Gasteiger partial charge is 0.245 e. The first-order chi connectivity index (χ1) is 10.4. The van der Waals surface area contributed by atoms with Crippen molar-refractivity contribution in [3.8, 4) is 0 Å². The summed E-state index contributed by atoms with van der Waals surface area (Å²) in [6.07, 6.45) is 5.61. The zero-order chi connectivity index (χ0) is 16.4. The van der Waals surface area contributed by atoms with Crippen molar-refractivity contribution in [1.82, 2.24) is 4.31 Å². The number of nitrogens with zero attached hydrogens (tertiary/aromatic N) is 1. The third-order valence-electron chi connectivity index (χ3n) is 4.02. The Balaban J connectivity index is 2.44. The molecule has 1 aliphatic heterocycles. The summed E-state index contributed by atoms with van der Waals surface area (Å²) in [6.45, 7) is 3.43. The van der Waals surface area contributed by atoms with Crippen molar-refractivity contribution >= 4 is 16.3 Å². The second kappa shape index (κ2) is 6.33. The highest BCUT2D eigenvalue weighted by Crippen LogP contribution is 2.50. The van der Waals surface area contributed by atoms with Crippen LogP contribution in [0.3, 0.4) is 0 Å². The van der Waals surface area contributed by atoms with Crippen molar-refractivity contribution in [2.45, 2.75) is 25.1 Å². The Labute approximate surface area is 129 Å². The van der Waals surface area contributed by atoms with Gasteiger partial charge in [0.05, 0.1) is 24.2 Å². The van der Waals surface area contributed by atoms with E-state index in [-0.39, 0.29) is 18.1 Å². The van der Waals surface area contributed by atoms with Crippen LogP contribution in [0.4, 0.5) is 0 Å². The molecule has 122 valence electrons. The fourth-order valence-electron chi connectivity index (χ4n) is 2.59. The zero-order valence-electron chi connectivity index (χ0n) is 12.1. The van der Waals surface area contributed by atoms with E-state index in [1.807, 2.05) is 0 Å². The van der Waals surface area contributed by atoms with E-state index >= 15 is 0 Å². The van der Waals surface area contributed by atoms with Crippen LogP contribution < -0.4 is 5.73 Å². The van der Waals surface area contributed by atoms with E-state index in [2.05, 4.69) is 6.58 Å². The normalized spacial score (nSPS) is 29.4. The van der Waals surface area contributed by atoms with Crippen LogP contribution in [-0.4, -0.2) is 49.6 Å². The Kier molecular flexibility index (Phi) is 4.86. The molecule has 0 aromatic rings. The first-order valence-electron chi connectivity index (χ1n) is 6.89. The molecule has 7 nitrogen and oxygen atoms in total. The van der Waals surface area contributed by atoms with Crippen molar-refractivity contribution in [2.75, 3.05) is 13.2 Å². The number of carbonyl (C=O) groups is 1. The van der Waals surface area contributed by atoms with Crippen LogP contribution in [0.5, 0.6) is 0 Å². The summed E-state index contributed by atoms with van der Waals surface area (Å²) in [5, 5.41) is 10.1. The molecule has 8 heteroatoms. The number of ether oxygens (including phenoxy) is 1. The summed E-state index contributed by atoms with van der Waals surface area (Å²) in [6, 6.07) is -0.719. The van der Waals surface area contributed by atoms with Crippen LogP contribution >= 0.6 is 0 Å². The predicted octanol–water partition coefficient (Wildman–Crippen LogP) is -0.143. The van der Waals surface area contributed by atoms with Crippen LogP contribution in [-0.2, 0) is 19.6 Å². The minimum Gasteiger partial charge on any atom is -0.405 e. The number of nitrogens with two attached hydrogens (primary N) is 1. The summed E-state index contributed by atoms with van der Waals surface area (Å²) < 4.78 is 31.8. The number of aldehydes is 1. The van der Waals surface area contributed by atoms with Crippen LogP contribution in [0, 0.1) is 5.41 Å². The molecule has 0 amide bonds. The maximum atomic E-state index is 12.8. The zero-order valence-corrected chi connectivity index (χ0v) is 12.9. The van der Waals surface area contributed by atoms with Crippen LogP contribution in [0.2, 0.25) is 0 Å². The topological polar surface area (TPSA) is 110 Å². The van der Waals surface area contributed by atoms with Gasteiger partial charge in [0, 0.05) is 5.41 Å². The molecule has 2 fully saturated rings. The number of morpholine rings is 1. The average Bonchev–Trinajstić information content (AvgIpc) is 3.28. The number of hydrogen-bond acceptors (Lipinski definition) is 6. The van der Waals surface area contributed by atoms with Gasteiger partial charge in [0.15, 0.2) is 0 Å². The predicted molar refractivity (Wildman–Crippen MR) is 80.7 cm³/mol. The van der Waals surface area contributed by atoms with Gasteiger partial charge in [-0.2, -0.15) is 4.31 Å². The second-order valence-corrected chi connectivity index (χ2v) is 7.22. The Hall–Kier alpha value is -1.48.